The maximum Gasteiger partial charge on any atom is 0.306 e. The van der Waals surface area contributed by atoms with Gasteiger partial charge in [-0.25, -0.2) is 0 Å². The Bertz CT molecular complexity index is 1210. The highest BCUT2D eigenvalue weighted by molar-refractivity contribution is 5.77. The Balaban J connectivity index is 4.71. The molecule has 0 aromatic rings. The molecule has 0 saturated heterocycles. The summed E-state index contributed by atoms with van der Waals surface area (Å²) in [6.45, 7) is 6.32. The van der Waals surface area contributed by atoms with Crippen LogP contribution in [0, 0.1) is 0 Å². The van der Waals surface area contributed by atoms with Crippen molar-refractivity contribution >= 4 is 11.9 Å². The number of amides is 1. The van der Waals surface area contributed by atoms with Crippen LogP contribution in [-0.2, 0) is 14.3 Å². The molecule has 3 atom stereocenters. The van der Waals surface area contributed by atoms with E-state index >= 15 is 0 Å². The van der Waals surface area contributed by atoms with Crippen LogP contribution in [0.15, 0.2) is 85.1 Å². The number of aliphatic hydroxyl groups is 2. The number of carbonyl (C=O) groups is 2. The number of aliphatic hydroxyl groups excluding tert-OH is 2. The molecule has 362 valence electrons. The molecule has 0 aliphatic carbocycles. The van der Waals surface area contributed by atoms with Crippen molar-refractivity contribution in [2.24, 2.45) is 0 Å². The minimum absolute atomic E-state index is 0.0458. The molecule has 0 rings (SSSR count). The second-order valence-corrected chi connectivity index (χ2v) is 17.5. The first kappa shape index (κ1) is 60.0. The lowest BCUT2D eigenvalue weighted by Crippen LogP contribution is -2.46. The van der Waals surface area contributed by atoms with Crippen molar-refractivity contribution in [1.29, 1.82) is 0 Å². The topological polar surface area (TPSA) is 95.9 Å². The van der Waals surface area contributed by atoms with Crippen molar-refractivity contribution < 1.29 is 24.5 Å². The predicted molar refractivity (Wildman–Crippen MR) is 273 cm³/mol. The summed E-state index contributed by atoms with van der Waals surface area (Å²) in [7, 11) is 0. The molecule has 6 heteroatoms. The molecule has 0 heterocycles. The standard InChI is InChI=1S/C57H99NO5/c1-4-7-10-13-16-19-22-24-26-28-29-31-34-36-39-42-45-48-53(63-57(62)50-47-44-41-38-35-32-30-27-25-23-20-17-14-11-8-5-2)51-56(61)58-54(52-59)55(60)49-46-43-40-37-33-21-18-15-12-9-6-3/h8,11,16-17,19-20,24-27,29,31-32,35,53-55,59-60H,4-7,9-10,12-15,18,21-23,28,30,33-34,36-52H2,1-3H3,(H,58,61)/b11-8+,19-16-,20-17+,26-24-,27-25+,31-29-,35-32+. The van der Waals surface area contributed by atoms with Gasteiger partial charge in [0.1, 0.15) is 6.10 Å². The number of allylic oxidation sites excluding steroid dienone is 14. The van der Waals surface area contributed by atoms with Gasteiger partial charge in [-0.15, -0.1) is 0 Å². The van der Waals surface area contributed by atoms with Gasteiger partial charge in [-0.1, -0.05) is 209 Å². The van der Waals surface area contributed by atoms with Crippen LogP contribution in [0.3, 0.4) is 0 Å². The van der Waals surface area contributed by atoms with Gasteiger partial charge in [-0.05, 0) is 103 Å². The van der Waals surface area contributed by atoms with E-state index in [0.717, 1.165) is 116 Å². The Morgan fingerprint density at radius 2 is 0.857 bits per heavy atom. The molecule has 0 spiro atoms. The molecular formula is C57H99NO5. The summed E-state index contributed by atoms with van der Waals surface area (Å²) in [5.41, 5.74) is 0. The minimum Gasteiger partial charge on any atom is -0.462 e. The Labute approximate surface area is 389 Å². The summed E-state index contributed by atoms with van der Waals surface area (Å²) in [5.74, 6) is -0.536. The second-order valence-electron chi connectivity index (χ2n) is 17.5. The van der Waals surface area contributed by atoms with E-state index in [9.17, 15) is 19.8 Å². The molecule has 3 N–H and O–H groups in total. The average molecular weight is 878 g/mol. The number of ether oxygens (including phenoxy) is 1. The molecule has 0 aromatic carbocycles. The van der Waals surface area contributed by atoms with Gasteiger partial charge in [0.25, 0.3) is 0 Å². The molecule has 6 nitrogen and oxygen atoms in total. The van der Waals surface area contributed by atoms with Crippen LogP contribution >= 0.6 is 0 Å². The van der Waals surface area contributed by atoms with Gasteiger partial charge in [0.15, 0.2) is 0 Å². The fourth-order valence-corrected chi connectivity index (χ4v) is 7.49. The molecule has 0 bridgehead atoms. The lowest BCUT2D eigenvalue weighted by molar-refractivity contribution is -0.151. The van der Waals surface area contributed by atoms with Crippen LogP contribution in [-0.4, -0.2) is 46.9 Å². The van der Waals surface area contributed by atoms with Gasteiger partial charge >= 0.3 is 5.97 Å². The third-order valence-electron chi connectivity index (χ3n) is 11.5. The molecule has 63 heavy (non-hydrogen) atoms. The van der Waals surface area contributed by atoms with Crippen molar-refractivity contribution in [2.45, 2.75) is 257 Å². The van der Waals surface area contributed by atoms with Crippen molar-refractivity contribution in [1.82, 2.24) is 5.32 Å². The molecule has 0 aromatic heterocycles. The van der Waals surface area contributed by atoms with Crippen LogP contribution in [0.2, 0.25) is 0 Å². The normalized spacial score (nSPS) is 13.9. The Hall–Kier alpha value is -2.96. The highest BCUT2D eigenvalue weighted by Gasteiger charge is 2.24. The summed E-state index contributed by atoms with van der Waals surface area (Å²) >= 11 is 0. The molecular weight excluding hydrogens is 779 g/mol. The Morgan fingerprint density at radius 3 is 1.33 bits per heavy atom. The maximum absolute atomic E-state index is 13.2. The lowest BCUT2D eigenvalue weighted by Gasteiger charge is -2.24. The van der Waals surface area contributed by atoms with Crippen molar-refractivity contribution in [3.63, 3.8) is 0 Å². The zero-order valence-electron chi connectivity index (χ0n) is 41.2. The molecule has 0 fully saturated rings. The first-order valence-corrected chi connectivity index (χ1v) is 26.3. The molecule has 0 radical (unpaired) electrons. The zero-order chi connectivity index (χ0) is 45.9. The number of esters is 1. The zero-order valence-corrected chi connectivity index (χ0v) is 41.2. The Kier molecular flexibility index (Phi) is 47.7. The molecule has 0 saturated carbocycles. The number of unbranched alkanes of at least 4 members (excludes halogenated alkanes) is 20. The fourth-order valence-electron chi connectivity index (χ4n) is 7.49. The van der Waals surface area contributed by atoms with Crippen molar-refractivity contribution in [3.05, 3.63) is 85.1 Å². The molecule has 1 amide bonds. The van der Waals surface area contributed by atoms with Crippen LogP contribution in [0.25, 0.3) is 0 Å². The summed E-state index contributed by atoms with van der Waals surface area (Å²) in [6.07, 6.45) is 64.9. The number of hydrogen-bond donors (Lipinski definition) is 3. The first-order valence-electron chi connectivity index (χ1n) is 26.3. The highest BCUT2D eigenvalue weighted by Crippen LogP contribution is 2.17. The highest BCUT2D eigenvalue weighted by atomic mass is 16.5. The van der Waals surface area contributed by atoms with Crippen molar-refractivity contribution in [3.8, 4) is 0 Å². The summed E-state index contributed by atoms with van der Waals surface area (Å²) < 4.78 is 5.92. The SMILES string of the molecule is CC/C=C/C/C=C/C/C=C/C/C=C/CCCCCC(=O)OC(CCCCCC/C=C\C/C=C\C/C=C\CCCCC)CC(=O)NC(CO)C(O)CCCCCCCCCCCCC. The van der Waals surface area contributed by atoms with E-state index in [1.807, 2.05) is 0 Å². The van der Waals surface area contributed by atoms with E-state index in [2.05, 4.69) is 111 Å². The number of carbonyl (C=O) groups excluding carboxylic acids is 2. The van der Waals surface area contributed by atoms with Gasteiger partial charge < -0.3 is 20.3 Å². The first-order chi connectivity index (χ1) is 31.0. The fraction of sp³-hybridized carbons (Fsp3) is 0.719. The van der Waals surface area contributed by atoms with E-state index in [1.165, 1.54) is 77.0 Å². The number of rotatable bonds is 46. The third-order valence-corrected chi connectivity index (χ3v) is 11.5. The van der Waals surface area contributed by atoms with Crippen molar-refractivity contribution in [2.75, 3.05) is 6.61 Å². The quantitative estimate of drug-likeness (QED) is 0.0322. The number of nitrogens with one attached hydrogen (secondary N) is 1. The smallest absolute Gasteiger partial charge is 0.306 e. The van der Waals surface area contributed by atoms with Crippen LogP contribution in [0.5, 0.6) is 0 Å². The van der Waals surface area contributed by atoms with Crippen LogP contribution < -0.4 is 5.32 Å². The lowest BCUT2D eigenvalue weighted by atomic mass is 10.0. The number of hydrogen-bond acceptors (Lipinski definition) is 5. The monoisotopic (exact) mass is 878 g/mol. The van der Waals surface area contributed by atoms with E-state index in [0.29, 0.717) is 19.3 Å². The maximum atomic E-state index is 13.2. The summed E-state index contributed by atoms with van der Waals surface area (Å²) in [6, 6.07) is -0.720. The van der Waals surface area contributed by atoms with Crippen LogP contribution in [0.4, 0.5) is 0 Å². The summed E-state index contributed by atoms with van der Waals surface area (Å²) in [4.78, 5) is 26.2. The average Bonchev–Trinajstić information content (AvgIpc) is 3.28. The molecule has 0 aliphatic heterocycles. The van der Waals surface area contributed by atoms with E-state index < -0.39 is 18.2 Å². The molecule has 3 unspecified atom stereocenters. The predicted octanol–water partition coefficient (Wildman–Crippen LogP) is 16.0. The minimum atomic E-state index is -0.803. The van der Waals surface area contributed by atoms with Gasteiger partial charge in [-0.3, -0.25) is 9.59 Å². The van der Waals surface area contributed by atoms with Gasteiger partial charge in [0.2, 0.25) is 5.91 Å². The van der Waals surface area contributed by atoms with Gasteiger partial charge in [-0.2, -0.15) is 0 Å². The van der Waals surface area contributed by atoms with Gasteiger partial charge in [0, 0.05) is 6.42 Å². The molecule has 0 aliphatic rings. The van der Waals surface area contributed by atoms with E-state index in [1.54, 1.807) is 0 Å². The van der Waals surface area contributed by atoms with Crippen LogP contribution in [0.1, 0.15) is 239 Å². The second kappa shape index (κ2) is 50.0. The van der Waals surface area contributed by atoms with E-state index in [-0.39, 0.29) is 24.9 Å². The Morgan fingerprint density at radius 1 is 0.476 bits per heavy atom. The largest absolute Gasteiger partial charge is 0.462 e. The summed E-state index contributed by atoms with van der Waals surface area (Å²) in [5, 5.41) is 23.7. The van der Waals surface area contributed by atoms with Gasteiger partial charge in [0.05, 0.1) is 25.2 Å². The third kappa shape index (κ3) is 45.4. The van der Waals surface area contributed by atoms with E-state index in [4.69, 9.17) is 4.74 Å².